The molecule has 1 aliphatic heterocycles. The van der Waals surface area contributed by atoms with Crippen LogP contribution in [-0.4, -0.2) is 15.1 Å². The summed E-state index contributed by atoms with van der Waals surface area (Å²) in [5.74, 6) is 0. The van der Waals surface area contributed by atoms with Crippen LogP contribution in [0.2, 0.25) is 10.4 Å². The van der Waals surface area contributed by atoms with Crippen LogP contribution in [0, 0.1) is 0 Å². The van der Waals surface area contributed by atoms with Crippen LogP contribution >= 0.6 is 0 Å². The van der Waals surface area contributed by atoms with Crippen molar-refractivity contribution < 1.29 is 3.47 Å². The second-order valence-electron chi connectivity index (χ2n) is 0.910. The zero-order valence-electron chi connectivity index (χ0n) is 2.24. The molecule has 0 aromatic heterocycles. The van der Waals surface area contributed by atoms with Crippen LogP contribution in [0.4, 0.5) is 3.47 Å². The summed E-state index contributed by atoms with van der Waals surface area (Å²) in [6.45, 7) is 0. The first-order valence-corrected chi connectivity index (χ1v) is 4.66. The maximum absolute atomic E-state index is 11.3. The average Bonchev–Trinajstić information content (AvgIpc) is 1.75. The van der Waals surface area contributed by atoms with E-state index in [9.17, 15) is 3.47 Å². The van der Waals surface area contributed by atoms with Crippen molar-refractivity contribution in [3.8, 4) is 0 Å². The van der Waals surface area contributed by atoms with Crippen molar-refractivity contribution in [3.05, 3.63) is 0 Å². The molecule has 0 unspecified atom stereocenters. The van der Waals surface area contributed by atoms with E-state index in [4.69, 9.17) is 0 Å². The zero-order chi connectivity index (χ0) is 2.99. The van der Waals surface area contributed by atoms with Gasteiger partial charge in [-0.3, -0.25) is 0 Å². The molecule has 0 radical (unpaired) electrons. The quantitative estimate of drug-likeness (QED) is 0.420. The Bertz CT molecular complexity index is 25.2. The fraction of sp³-hybridized carbons (Fsp3) is 1.00. The van der Waals surface area contributed by atoms with E-state index in [1.807, 2.05) is 0 Å². The molecular weight excluding hydrogens is 118 g/mol. The fourth-order valence-corrected chi connectivity index (χ4v) is 1.02. The van der Waals surface area contributed by atoms with E-state index >= 15 is 0 Å². The Labute approximate surface area is 29.8 Å². The van der Waals surface area contributed by atoms with Gasteiger partial charge in [-0.15, -0.1) is 0 Å². The molecule has 0 saturated carbocycles. The van der Waals surface area contributed by atoms with Gasteiger partial charge < -0.3 is 0 Å². The van der Waals surface area contributed by atoms with Crippen molar-refractivity contribution in [3.63, 3.8) is 0 Å². The van der Waals surface area contributed by atoms with Gasteiger partial charge in [-0.2, -0.15) is 0 Å². The third-order valence-corrected chi connectivity index (χ3v) is 2.04. The summed E-state index contributed by atoms with van der Waals surface area (Å²) in [5.41, 5.74) is 0. The topological polar surface area (TPSA) is 0 Å². The molecule has 1 heterocycles. The van der Waals surface area contributed by atoms with Gasteiger partial charge >= 0.3 is 29.0 Å². The van der Waals surface area contributed by atoms with Gasteiger partial charge in [0.05, 0.1) is 0 Å². The summed E-state index contributed by atoms with van der Waals surface area (Å²) in [5, 5.41) is 1.93. The van der Waals surface area contributed by atoms with Gasteiger partial charge in [0, 0.05) is 0 Å². The monoisotopic (exact) mass is 122 g/mol. The van der Waals surface area contributed by atoms with Crippen LogP contribution in [0.1, 0.15) is 0 Å². The molecule has 24 valence electrons. The van der Waals surface area contributed by atoms with Gasteiger partial charge in [-0.25, -0.2) is 0 Å². The molecule has 0 spiro atoms. The van der Waals surface area contributed by atoms with E-state index < -0.39 is 15.1 Å². The Hall–Kier alpha value is 0.488. The van der Waals surface area contributed by atoms with Crippen LogP contribution in [0.5, 0.6) is 0 Å². The number of hydrogen-bond acceptors (Lipinski definition) is 0. The van der Waals surface area contributed by atoms with E-state index in [2.05, 4.69) is 0 Å². The Balaban J connectivity index is 2.17. The first kappa shape index (κ1) is 2.71. The van der Waals surface area contributed by atoms with Crippen LogP contribution in [-0.2, 0) is 0 Å². The second-order valence-corrected chi connectivity index (χ2v) is 4.73. The van der Waals surface area contributed by atoms with Crippen LogP contribution in [0.3, 0.4) is 0 Å². The van der Waals surface area contributed by atoms with Gasteiger partial charge in [0.15, 0.2) is 0 Å². The van der Waals surface area contributed by atoms with Crippen LogP contribution in [0.25, 0.3) is 0 Å². The van der Waals surface area contributed by atoms with Gasteiger partial charge in [-0.05, 0) is 0 Å². The third kappa shape index (κ3) is 0.453. The Morgan fingerprint density at radius 2 is 1.75 bits per heavy atom. The third-order valence-electron chi connectivity index (χ3n) is 0.393. The van der Waals surface area contributed by atoms with Crippen molar-refractivity contribution in [2.24, 2.45) is 0 Å². The maximum atomic E-state index is 11.3. The summed E-state index contributed by atoms with van der Waals surface area (Å²) >= 11 is -1.44. The molecular formula is C2H4AsF. The normalized spacial score (nSPS) is 26.2. The zero-order valence-corrected chi connectivity index (χ0v) is 4.12. The first-order valence-electron chi connectivity index (χ1n) is 1.30. The van der Waals surface area contributed by atoms with Crippen molar-refractivity contribution in [2.45, 2.75) is 10.4 Å². The van der Waals surface area contributed by atoms with Gasteiger partial charge in [-0.1, -0.05) is 0 Å². The molecule has 1 fully saturated rings. The molecule has 4 heavy (non-hydrogen) atoms. The van der Waals surface area contributed by atoms with Crippen molar-refractivity contribution >= 4 is 15.1 Å². The predicted octanol–water partition coefficient (Wildman–Crippen LogP) is 0.961. The Kier molecular flexibility index (Phi) is 0.486. The van der Waals surface area contributed by atoms with Crippen LogP contribution < -0.4 is 0 Å². The standard InChI is InChI=1S/C2H4AsF/c4-3-1-2-3/h1-2H2. The summed E-state index contributed by atoms with van der Waals surface area (Å²) in [6, 6.07) is 0. The molecule has 0 aliphatic carbocycles. The molecule has 0 nitrogen and oxygen atoms in total. The molecule has 2 heteroatoms. The molecule has 1 aliphatic rings. The van der Waals surface area contributed by atoms with Gasteiger partial charge in [0.25, 0.3) is 0 Å². The predicted molar refractivity (Wildman–Crippen MR) is 16.5 cm³/mol. The number of halogens is 1. The summed E-state index contributed by atoms with van der Waals surface area (Å²) < 4.78 is 11.3. The average molecular weight is 122 g/mol. The van der Waals surface area contributed by atoms with Gasteiger partial charge in [0.1, 0.15) is 0 Å². The minimum absolute atomic E-state index is 0.965. The van der Waals surface area contributed by atoms with E-state index in [0.29, 0.717) is 0 Å². The molecule has 0 N–H and O–H groups in total. The first-order chi connectivity index (χ1) is 1.89. The molecule has 1 saturated heterocycles. The molecule has 0 amide bonds. The van der Waals surface area contributed by atoms with Crippen LogP contribution in [0.15, 0.2) is 0 Å². The number of hydrogen-bond donors (Lipinski definition) is 0. The summed E-state index contributed by atoms with van der Waals surface area (Å²) in [7, 11) is 0. The Morgan fingerprint density at radius 3 is 1.75 bits per heavy atom. The second kappa shape index (κ2) is 0.717. The van der Waals surface area contributed by atoms with Gasteiger partial charge in [0.2, 0.25) is 0 Å². The van der Waals surface area contributed by atoms with E-state index in [-0.39, 0.29) is 0 Å². The molecule has 1 rings (SSSR count). The summed E-state index contributed by atoms with van der Waals surface area (Å²) in [4.78, 5) is 0. The Morgan fingerprint density at radius 1 is 1.50 bits per heavy atom. The van der Waals surface area contributed by atoms with E-state index in [1.165, 1.54) is 0 Å². The molecule has 0 aromatic carbocycles. The minimum atomic E-state index is -1.44. The van der Waals surface area contributed by atoms with Crippen molar-refractivity contribution in [1.82, 2.24) is 0 Å². The molecule has 0 bridgehead atoms. The van der Waals surface area contributed by atoms with Crippen molar-refractivity contribution in [1.29, 1.82) is 0 Å². The molecule has 0 atom stereocenters. The van der Waals surface area contributed by atoms with E-state index in [0.717, 1.165) is 10.4 Å². The fourth-order valence-electron chi connectivity index (χ4n) is 0.0378. The summed E-state index contributed by atoms with van der Waals surface area (Å²) in [6.07, 6.45) is 0. The SMILES string of the molecule is F[As]1CC1. The number of rotatable bonds is 0. The van der Waals surface area contributed by atoms with Crippen molar-refractivity contribution in [2.75, 3.05) is 0 Å². The van der Waals surface area contributed by atoms with E-state index in [1.54, 1.807) is 0 Å². The molecule has 0 aromatic rings.